The molecular weight excluding hydrogens is 258 g/mol. The lowest BCUT2D eigenvalue weighted by molar-refractivity contribution is 0.483. The van der Waals surface area contributed by atoms with Gasteiger partial charge in [-0.05, 0) is 60.0 Å². The minimum atomic E-state index is 0.792. The molecule has 0 unspecified atom stereocenters. The van der Waals surface area contributed by atoms with Crippen LogP contribution in [-0.4, -0.2) is 0 Å². The van der Waals surface area contributed by atoms with Crippen LogP contribution < -0.4 is 10.5 Å². The van der Waals surface area contributed by atoms with Crippen LogP contribution in [0.1, 0.15) is 5.56 Å². The molecule has 0 bridgehead atoms. The molecule has 0 heterocycles. The predicted molar refractivity (Wildman–Crippen MR) is 87.5 cm³/mol. The van der Waals surface area contributed by atoms with Gasteiger partial charge in [-0.15, -0.1) is 0 Å². The first-order valence-electron chi connectivity index (χ1n) is 6.92. The Kier molecular flexibility index (Phi) is 3.61. The second kappa shape index (κ2) is 5.71. The van der Waals surface area contributed by atoms with E-state index in [4.69, 9.17) is 10.5 Å². The van der Waals surface area contributed by atoms with Crippen LogP contribution in [0.3, 0.4) is 0 Å². The van der Waals surface area contributed by atoms with Crippen LogP contribution in [0.4, 0.5) is 5.69 Å². The fourth-order valence-corrected chi connectivity index (χ4v) is 2.34. The Bertz CT molecular complexity index is 733. The smallest absolute Gasteiger partial charge is 0.127 e. The molecule has 0 aliphatic carbocycles. The van der Waals surface area contributed by atoms with Crippen molar-refractivity contribution in [1.29, 1.82) is 0 Å². The van der Waals surface area contributed by atoms with Crippen LogP contribution in [0, 0.1) is 6.92 Å². The summed E-state index contributed by atoms with van der Waals surface area (Å²) in [6, 6.07) is 23.8. The Hall–Kier alpha value is -2.74. The summed E-state index contributed by atoms with van der Waals surface area (Å²) in [7, 11) is 0. The molecule has 0 aromatic heterocycles. The molecule has 2 nitrogen and oxygen atoms in total. The predicted octanol–water partition coefficient (Wildman–Crippen LogP) is 5.04. The number of hydrogen-bond donors (Lipinski definition) is 1. The monoisotopic (exact) mass is 275 g/mol. The summed E-state index contributed by atoms with van der Waals surface area (Å²) < 4.78 is 5.80. The lowest BCUT2D eigenvalue weighted by Gasteiger charge is -2.09. The normalized spacial score (nSPS) is 10.3. The zero-order chi connectivity index (χ0) is 14.7. The quantitative estimate of drug-likeness (QED) is 0.680. The molecule has 3 aromatic rings. The van der Waals surface area contributed by atoms with Crippen molar-refractivity contribution >= 4 is 5.69 Å². The van der Waals surface area contributed by atoms with E-state index >= 15 is 0 Å². The molecule has 0 aliphatic heterocycles. The van der Waals surface area contributed by atoms with E-state index < -0.39 is 0 Å². The molecular formula is C19H17NO. The summed E-state index contributed by atoms with van der Waals surface area (Å²) >= 11 is 0. The van der Waals surface area contributed by atoms with E-state index in [0.717, 1.165) is 22.7 Å². The zero-order valence-electron chi connectivity index (χ0n) is 11.9. The van der Waals surface area contributed by atoms with E-state index in [1.165, 1.54) is 11.1 Å². The Morgan fingerprint density at radius 3 is 2.10 bits per heavy atom. The molecule has 104 valence electrons. The van der Waals surface area contributed by atoms with Gasteiger partial charge in [0.25, 0.3) is 0 Å². The summed E-state index contributed by atoms with van der Waals surface area (Å²) in [5.41, 5.74) is 10.1. The van der Waals surface area contributed by atoms with Crippen LogP contribution in [0.25, 0.3) is 11.1 Å². The van der Waals surface area contributed by atoms with Gasteiger partial charge in [0, 0.05) is 5.69 Å². The van der Waals surface area contributed by atoms with Gasteiger partial charge in [0.05, 0.1) is 0 Å². The van der Waals surface area contributed by atoms with E-state index in [2.05, 4.69) is 25.1 Å². The number of hydrogen-bond acceptors (Lipinski definition) is 2. The molecule has 21 heavy (non-hydrogen) atoms. The number of nitrogen functional groups attached to an aromatic ring is 1. The number of benzene rings is 3. The highest BCUT2D eigenvalue weighted by atomic mass is 16.5. The van der Waals surface area contributed by atoms with Gasteiger partial charge in [-0.3, -0.25) is 0 Å². The standard InChI is InChI=1S/C19H17NO/c1-14-13-16(20)9-12-19(14)15-7-10-18(11-8-15)21-17-5-3-2-4-6-17/h2-13H,20H2,1H3. The van der Waals surface area contributed by atoms with Crippen molar-refractivity contribution in [2.45, 2.75) is 6.92 Å². The number of aryl methyl sites for hydroxylation is 1. The fourth-order valence-electron chi connectivity index (χ4n) is 2.34. The highest BCUT2D eigenvalue weighted by Gasteiger charge is 2.03. The number of ether oxygens (including phenoxy) is 1. The summed E-state index contributed by atoms with van der Waals surface area (Å²) in [4.78, 5) is 0. The molecule has 0 fully saturated rings. The van der Waals surface area contributed by atoms with E-state index in [-0.39, 0.29) is 0 Å². The molecule has 3 aromatic carbocycles. The third-order valence-corrected chi connectivity index (χ3v) is 3.39. The first kappa shape index (κ1) is 13.3. The average Bonchev–Trinajstić information content (AvgIpc) is 2.49. The van der Waals surface area contributed by atoms with Crippen molar-refractivity contribution in [2.75, 3.05) is 5.73 Å². The molecule has 0 saturated carbocycles. The van der Waals surface area contributed by atoms with Gasteiger partial charge >= 0.3 is 0 Å². The SMILES string of the molecule is Cc1cc(N)ccc1-c1ccc(Oc2ccccc2)cc1. The van der Waals surface area contributed by atoms with Crippen molar-refractivity contribution in [3.8, 4) is 22.6 Å². The van der Waals surface area contributed by atoms with Crippen molar-refractivity contribution in [3.63, 3.8) is 0 Å². The summed E-state index contributed by atoms with van der Waals surface area (Å²) in [6.07, 6.45) is 0. The molecule has 0 aliphatic rings. The number of nitrogens with two attached hydrogens (primary N) is 1. The fraction of sp³-hybridized carbons (Fsp3) is 0.0526. The maximum absolute atomic E-state index is 5.80. The lowest BCUT2D eigenvalue weighted by atomic mass is 10.00. The molecule has 3 rings (SSSR count). The van der Waals surface area contributed by atoms with Gasteiger partial charge in [0.1, 0.15) is 11.5 Å². The van der Waals surface area contributed by atoms with E-state index in [0.29, 0.717) is 0 Å². The molecule has 0 spiro atoms. The largest absolute Gasteiger partial charge is 0.457 e. The van der Waals surface area contributed by atoms with Crippen LogP contribution in [-0.2, 0) is 0 Å². The Balaban J connectivity index is 1.84. The summed E-state index contributed by atoms with van der Waals surface area (Å²) in [6.45, 7) is 2.07. The summed E-state index contributed by atoms with van der Waals surface area (Å²) in [5.74, 6) is 1.67. The van der Waals surface area contributed by atoms with E-state index in [1.54, 1.807) is 0 Å². The molecule has 2 heteroatoms. The van der Waals surface area contributed by atoms with Gasteiger partial charge in [-0.2, -0.15) is 0 Å². The van der Waals surface area contributed by atoms with Crippen molar-refractivity contribution in [3.05, 3.63) is 78.4 Å². The van der Waals surface area contributed by atoms with Gasteiger partial charge in [0.15, 0.2) is 0 Å². The number of anilines is 1. The van der Waals surface area contributed by atoms with Crippen molar-refractivity contribution in [1.82, 2.24) is 0 Å². The minimum Gasteiger partial charge on any atom is -0.457 e. The molecule has 0 atom stereocenters. The first-order valence-corrected chi connectivity index (χ1v) is 6.92. The molecule has 0 saturated heterocycles. The first-order chi connectivity index (χ1) is 10.2. The third kappa shape index (κ3) is 3.06. The number of para-hydroxylation sites is 1. The van der Waals surface area contributed by atoms with Crippen LogP contribution in [0.5, 0.6) is 11.5 Å². The minimum absolute atomic E-state index is 0.792. The Morgan fingerprint density at radius 2 is 1.43 bits per heavy atom. The second-order valence-electron chi connectivity index (χ2n) is 5.01. The van der Waals surface area contributed by atoms with Crippen molar-refractivity contribution < 1.29 is 4.74 Å². The molecule has 2 N–H and O–H groups in total. The second-order valence-corrected chi connectivity index (χ2v) is 5.01. The molecule has 0 radical (unpaired) electrons. The van der Waals surface area contributed by atoms with Gasteiger partial charge in [0.2, 0.25) is 0 Å². The topological polar surface area (TPSA) is 35.2 Å². The Labute approximate surface area is 124 Å². The van der Waals surface area contributed by atoms with Crippen LogP contribution in [0.15, 0.2) is 72.8 Å². The molecule has 0 amide bonds. The van der Waals surface area contributed by atoms with Gasteiger partial charge in [-0.1, -0.05) is 36.4 Å². The van der Waals surface area contributed by atoms with Crippen molar-refractivity contribution in [2.24, 2.45) is 0 Å². The van der Waals surface area contributed by atoms with Gasteiger partial charge in [-0.25, -0.2) is 0 Å². The van der Waals surface area contributed by atoms with Gasteiger partial charge < -0.3 is 10.5 Å². The third-order valence-electron chi connectivity index (χ3n) is 3.39. The van der Waals surface area contributed by atoms with E-state index in [9.17, 15) is 0 Å². The van der Waals surface area contributed by atoms with Crippen LogP contribution in [0.2, 0.25) is 0 Å². The number of rotatable bonds is 3. The van der Waals surface area contributed by atoms with E-state index in [1.807, 2.05) is 54.6 Å². The maximum atomic E-state index is 5.80. The highest BCUT2D eigenvalue weighted by Crippen LogP contribution is 2.28. The van der Waals surface area contributed by atoms with Crippen LogP contribution >= 0.6 is 0 Å². The highest BCUT2D eigenvalue weighted by molar-refractivity contribution is 5.70. The maximum Gasteiger partial charge on any atom is 0.127 e. The Morgan fingerprint density at radius 1 is 0.762 bits per heavy atom. The summed E-state index contributed by atoms with van der Waals surface area (Å²) in [5, 5.41) is 0. The average molecular weight is 275 g/mol. The lowest BCUT2D eigenvalue weighted by Crippen LogP contribution is -1.89. The zero-order valence-corrected chi connectivity index (χ0v) is 11.9.